The quantitative estimate of drug-likeness (QED) is 0.759. The van der Waals surface area contributed by atoms with Crippen molar-refractivity contribution in [3.63, 3.8) is 0 Å². The van der Waals surface area contributed by atoms with Gasteiger partial charge in [0.05, 0.1) is 18.4 Å². The SMILES string of the molecule is C[C@H]1Oc2ccccc2O[C@H]1C(=O)NCc1ncc(-c2ccccc2)[nH]1. The molecular formula is C20H19N3O3. The third-order valence-corrected chi connectivity index (χ3v) is 4.24. The van der Waals surface area contributed by atoms with E-state index in [-0.39, 0.29) is 12.0 Å². The summed E-state index contributed by atoms with van der Waals surface area (Å²) in [6.45, 7) is 2.11. The molecule has 2 atom stereocenters. The number of ether oxygens (including phenoxy) is 2. The molecule has 1 amide bonds. The lowest BCUT2D eigenvalue weighted by molar-refractivity contribution is -0.133. The number of carbonyl (C=O) groups is 1. The summed E-state index contributed by atoms with van der Waals surface area (Å²) in [5.41, 5.74) is 1.96. The van der Waals surface area contributed by atoms with Gasteiger partial charge in [-0.2, -0.15) is 0 Å². The van der Waals surface area contributed by atoms with E-state index in [1.807, 2.05) is 55.5 Å². The highest BCUT2D eigenvalue weighted by atomic mass is 16.6. The van der Waals surface area contributed by atoms with Crippen LogP contribution in [0, 0.1) is 0 Å². The molecule has 1 aromatic heterocycles. The second-order valence-electron chi connectivity index (χ2n) is 6.14. The van der Waals surface area contributed by atoms with Crippen LogP contribution in [0.5, 0.6) is 11.5 Å². The Kier molecular flexibility index (Phi) is 4.31. The van der Waals surface area contributed by atoms with Gasteiger partial charge in [0.1, 0.15) is 11.9 Å². The maximum Gasteiger partial charge on any atom is 0.265 e. The second-order valence-corrected chi connectivity index (χ2v) is 6.14. The Morgan fingerprint density at radius 3 is 2.54 bits per heavy atom. The highest BCUT2D eigenvalue weighted by Crippen LogP contribution is 2.33. The van der Waals surface area contributed by atoms with Crippen LogP contribution in [0.25, 0.3) is 11.3 Å². The second kappa shape index (κ2) is 6.92. The van der Waals surface area contributed by atoms with E-state index in [4.69, 9.17) is 9.47 Å². The van der Waals surface area contributed by atoms with Gasteiger partial charge in [0.25, 0.3) is 5.91 Å². The number of nitrogens with zero attached hydrogens (tertiary/aromatic N) is 1. The predicted molar refractivity (Wildman–Crippen MR) is 96.8 cm³/mol. The fourth-order valence-corrected chi connectivity index (χ4v) is 2.89. The highest BCUT2D eigenvalue weighted by Gasteiger charge is 2.33. The predicted octanol–water partition coefficient (Wildman–Crippen LogP) is 2.92. The summed E-state index contributed by atoms with van der Waals surface area (Å²) in [6.07, 6.45) is 0.686. The Labute approximate surface area is 151 Å². The molecule has 0 saturated carbocycles. The van der Waals surface area contributed by atoms with Gasteiger partial charge < -0.3 is 19.8 Å². The molecular weight excluding hydrogens is 330 g/mol. The number of H-pyrrole nitrogens is 1. The van der Waals surface area contributed by atoms with Crippen LogP contribution in [-0.4, -0.2) is 28.1 Å². The van der Waals surface area contributed by atoms with Crippen LogP contribution in [0.3, 0.4) is 0 Å². The molecule has 0 radical (unpaired) electrons. The van der Waals surface area contributed by atoms with Crippen molar-refractivity contribution < 1.29 is 14.3 Å². The molecule has 4 rings (SSSR count). The molecule has 0 aliphatic carbocycles. The van der Waals surface area contributed by atoms with E-state index in [1.54, 1.807) is 12.3 Å². The number of aromatic amines is 1. The zero-order valence-corrected chi connectivity index (χ0v) is 14.3. The zero-order chi connectivity index (χ0) is 17.9. The standard InChI is InChI=1S/C20H19N3O3/c1-13-19(26-17-10-6-5-9-16(17)25-13)20(24)22-12-18-21-11-15(23-18)14-7-3-2-4-8-14/h2-11,13,19H,12H2,1H3,(H,21,23)(H,22,24)/t13-,19-/m1/s1. The van der Waals surface area contributed by atoms with Crippen molar-refractivity contribution in [2.24, 2.45) is 0 Å². The molecule has 3 aromatic rings. The molecule has 6 nitrogen and oxygen atoms in total. The summed E-state index contributed by atoms with van der Waals surface area (Å²) in [7, 11) is 0. The van der Waals surface area contributed by atoms with Gasteiger partial charge in [-0.05, 0) is 24.6 Å². The Bertz CT molecular complexity index is 907. The third kappa shape index (κ3) is 3.26. The van der Waals surface area contributed by atoms with Crippen LogP contribution >= 0.6 is 0 Å². The molecule has 2 N–H and O–H groups in total. The van der Waals surface area contributed by atoms with Gasteiger partial charge in [-0.25, -0.2) is 4.98 Å². The van der Waals surface area contributed by atoms with Crippen molar-refractivity contribution in [1.82, 2.24) is 15.3 Å². The lowest BCUT2D eigenvalue weighted by Crippen LogP contribution is -2.48. The molecule has 0 spiro atoms. The number of nitrogens with one attached hydrogen (secondary N) is 2. The molecule has 0 unspecified atom stereocenters. The van der Waals surface area contributed by atoms with Gasteiger partial charge in [-0.3, -0.25) is 4.79 Å². The number of amides is 1. The fourth-order valence-electron chi connectivity index (χ4n) is 2.89. The first-order valence-electron chi connectivity index (χ1n) is 8.50. The van der Waals surface area contributed by atoms with E-state index in [0.717, 1.165) is 11.3 Å². The van der Waals surface area contributed by atoms with Crippen molar-refractivity contribution in [3.05, 3.63) is 66.6 Å². The summed E-state index contributed by atoms with van der Waals surface area (Å²) < 4.78 is 11.6. The fraction of sp³-hybridized carbons (Fsp3) is 0.200. The lowest BCUT2D eigenvalue weighted by Gasteiger charge is -2.30. The number of fused-ring (bicyclic) bond motifs is 1. The Morgan fingerprint density at radius 2 is 1.77 bits per heavy atom. The third-order valence-electron chi connectivity index (χ3n) is 4.24. The number of para-hydroxylation sites is 2. The minimum Gasteiger partial charge on any atom is -0.482 e. The van der Waals surface area contributed by atoms with E-state index in [2.05, 4.69) is 15.3 Å². The average molecular weight is 349 g/mol. The normalized spacial score (nSPS) is 18.3. The van der Waals surface area contributed by atoms with Gasteiger partial charge in [-0.15, -0.1) is 0 Å². The molecule has 2 heterocycles. The van der Waals surface area contributed by atoms with Gasteiger partial charge in [0, 0.05) is 0 Å². The topological polar surface area (TPSA) is 76.2 Å². The molecule has 2 aromatic carbocycles. The van der Waals surface area contributed by atoms with Crippen molar-refractivity contribution in [1.29, 1.82) is 0 Å². The van der Waals surface area contributed by atoms with Crippen LogP contribution in [0.1, 0.15) is 12.7 Å². The van der Waals surface area contributed by atoms with Crippen molar-refractivity contribution in [2.45, 2.75) is 25.7 Å². The van der Waals surface area contributed by atoms with E-state index >= 15 is 0 Å². The van der Waals surface area contributed by atoms with E-state index in [0.29, 0.717) is 23.9 Å². The van der Waals surface area contributed by atoms with Gasteiger partial charge >= 0.3 is 0 Å². The Hall–Kier alpha value is -3.28. The summed E-state index contributed by atoms with van der Waals surface area (Å²) in [4.78, 5) is 20.0. The minimum absolute atomic E-state index is 0.232. The van der Waals surface area contributed by atoms with Crippen molar-refractivity contribution in [2.75, 3.05) is 0 Å². The van der Waals surface area contributed by atoms with Crippen molar-refractivity contribution >= 4 is 5.91 Å². The van der Waals surface area contributed by atoms with E-state index in [9.17, 15) is 4.79 Å². The van der Waals surface area contributed by atoms with Gasteiger partial charge in [-0.1, -0.05) is 42.5 Å². The minimum atomic E-state index is -0.701. The summed E-state index contributed by atoms with van der Waals surface area (Å²) in [5.74, 6) is 1.68. The number of imidazole rings is 1. The molecule has 0 fully saturated rings. The zero-order valence-electron chi connectivity index (χ0n) is 14.3. The molecule has 0 bridgehead atoms. The average Bonchev–Trinajstić information content (AvgIpc) is 3.15. The first-order chi connectivity index (χ1) is 12.7. The number of aromatic nitrogens is 2. The molecule has 6 heteroatoms. The van der Waals surface area contributed by atoms with Crippen LogP contribution in [0.4, 0.5) is 0 Å². The van der Waals surface area contributed by atoms with Crippen LogP contribution in [-0.2, 0) is 11.3 Å². The number of benzene rings is 2. The number of carbonyl (C=O) groups excluding carboxylic acids is 1. The summed E-state index contributed by atoms with van der Waals surface area (Å²) in [5, 5.41) is 2.86. The maximum atomic E-state index is 12.5. The number of hydrogen-bond acceptors (Lipinski definition) is 4. The molecule has 0 saturated heterocycles. The smallest absolute Gasteiger partial charge is 0.265 e. The highest BCUT2D eigenvalue weighted by molar-refractivity contribution is 5.82. The monoisotopic (exact) mass is 349 g/mol. The van der Waals surface area contributed by atoms with Crippen LogP contribution in [0.2, 0.25) is 0 Å². The Balaban J connectivity index is 1.39. The largest absolute Gasteiger partial charge is 0.482 e. The summed E-state index contributed by atoms with van der Waals surface area (Å²) in [6, 6.07) is 17.2. The first kappa shape index (κ1) is 16.2. The summed E-state index contributed by atoms with van der Waals surface area (Å²) >= 11 is 0. The molecule has 1 aliphatic rings. The van der Waals surface area contributed by atoms with Crippen LogP contribution in [0.15, 0.2) is 60.8 Å². The molecule has 1 aliphatic heterocycles. The number of rotatable bonds is 4. The van der Waals surface area contributed by atoms with E-state index in [1.165, 1.54) is 0 Å². The van der Waals surface area contributed by atoms with Crippen molar-refractivity contribution in [3.8, 4) is 22.8 Å². The molecule has 26 heavy (non-hydrogen) atoms. The first-order valence-corrected chi connectivity index (χ1v) is 8.50. The number of hydrogen-bond donors (Lipinski definition) is 2. The van der Waals surface area contributed by atoms with Gasteiger partial charge in [0.15, 0.2) is 11.5 Å². The van der Waals surface area contributed by atoms with E-state index < -0.39 is 6.10 Å². The maximum absolute atomic E-state index is 12.5. The molecule has 132 valence electrons. The lowest BCUT2D eigenvalue weighted by atomic mass is 10.1. The Morgan fingerprint density at radius 1 is 1.08 bits per heavy atom. The van der Waals surface area contributed by atoms with Gasteiger partial charge in [0.2, 0.25) is 6.10 Å². The van der Waals surface area contributed by atoms with Crippen LogP contribution < -0.4 is 14.8 Å².